The topological polar surface area (TPSA) is 78.4 Å². The Morgan fingerprint density at radius 1 is 1.33 bits per heavy atom. The molecular formula is C16H22N2O3. The van der Waals surface area contributed by atoms with E-state index in [0.717, 1.165) is 24.1 Å². The molecule has 1 aliphatic carbocycles. The Morgan fingerprint density at radius 3 is 2.81 bits per heavy atom. The van der Waals surface area contributed by atoms with Crippen LogP contribution in [0.1, 0.15) is 31.7 Å². The van der Waals surface area contributed by atoms with Crippen LogP contribution in [0, 0.1) is 5.92 Å². The summed E-state index contributed by atoms with van der Waals surface area (Å²) in [7, 11) is 0. The second-order valence-electron chi connectivity index (χ2n) is 5.42. The lowest BCUT2D eigenvalue weighted by Gasteiger charge is -2.14. The molecule has 2 atom stereocenters. The zero-order valence-corrected chi connectivity index (χ0v) is 12.3. The van der Waals surface area contributed by atoms with Gasteiger partial charge in [-0.05, 0) is 43.4 Å². The molecule has 5 heteroatoms. The van der Waals surface area contributed by atoms with E-state index in [9.17, 15) is 14.7 Å². The van der Waals surface area contributed by atoms with Crippen LogP contribution in [0.2, 0.25) is 0 Å². The van der Waals surface area contributed by atoms with E-state index in [1.54, 1.807) is 0 Å². The monoisotopic (exact) mass is 290 g/mol. The third-order valence-corrected chi connectivity index (χ3v) is 3.86. The number of aryl methyl sites for hydroxylation is 1. The highest BCUT2D eigenvalue weighted by Gasteiger charge is 2.31. The van der Waals surface area contributed by atoms with Crippen molar-refractivity contribution in [3.63, 3.8) is 0 Å². The van der Waals surface area contributed by atoms with Gasteiger partial charge in [0.1, 0.15) is 0 Å². The molecule has 2 amide bonds. The van der Waals surface area contributed by atoms with Gasteiger partial charge >= 0.3 is 0 Å². The Balaban J connectivity index is 1.80. The van der Waals surface area contributed by atoms with Crippen LogP contribution in [0.4, 0.5) is 5.69 Å². The Bertz CT molecular complexity index is 516. The maximum absolute atomic E-state index is 11.9. The molecule has 0 aromatic heterocycles. The summed E-state index contributed by atoms with van der Waals surface area (Å²) in [6.45, 7) is 1.98. The minimum atomic E-state index is -0.575. The van der Waals surface area contributed by atoms with Crippen molar-refractivity contribution in [3.05, 3.63) is 29.8 Å². The summed E-state index contributed by atoms with van der Waals surface area (Å²) in [4.78, 5) is 23.7. The molecule has 3 N–H and O–H groups in total. The van der Waals surface area contributed by atoms with E-state index in [1.807, 2.05) is 31.2 Å². The highest BCUT2D eigenvalue weighted by atomic mass is 16.3. The van der Waals surface area contributed by atoms with Gasteiger partial charge in [-0.1, -0.05) is 19.1 Å². The number of nitrogens with one attached hydrogen (secondary N) is 2. The Labute approximate surface area is 124 Å². The van der Waals surface area contributed by atoms with E-state index in [0.29, 0.717) is 12.8 Å². The Hall–Kier alpha value is -1.88. The summed E-state index contributed by atoms with van der Waals surface area (Å²) in [5, 5.41) is 15.0. The van der Waals surface area contributed by atoms with Gasteiger partial charge in [-0.3, -0.25) is 9.59 Å². The maximum atomic E-state index is 11.9. The number of carbonyl (C=O) groups is 2. The number of hydrogen-bond donors (Lipinski definition) is 3. The van der Waals surface area contributed by atoms with Gasteiger partial charge in [0, 0.05) is 5.69 Å². The quantitative estimate of drug-likeness (QED) is 0.768. The summed E-state index contributed by atoms with van der Waals surface area (Å²) >= 11 is 0. The van der Waals surface area contributed by atoms with Crippen molar-refractivity contribution >= 4 is 17.5 Å². The predicted molar refractivity (Wildman–Crippen MR) is 80.8 cm³/mol. The van der Waals surface area contributed by atoms with Crippen LogP contribution in [0.25, 0.3) is 0 Å². The van der Waals surface area contributed by atoms with Crippen LogP contribution >= 0.6 is 0 Å². The molecule has 0 spiro atoms. The molecule has 0 heterocycles. The van der Waals surface area contributed by atoms with Gasteiger partial charge in [0.2, 0.25) is 11.8 Å². The molecule has 5 nitrogen and oxygen atoms in total. The summed E-state index contributed by atoms with van der Waals surface area (Å²) in [6, 6.07) is 7.63. The number of aliphatic hydroxyl groups is 1. The normalized spacial score (nSPS) is 21.0. The number of aliphatic hydroxyl groups excluding tert-OH is 1. The van der Waals surface area contributed by atoms with Crippen molar-refractivity contribution in [2.75, 3.05) is 11.9 Å². The average molecular weight is 290 g/mol. The average Bonchev–Trinajstić information content (AvgIpc) is 2.91. The second-order valence-corrected chi connectivity index (χ2v) is 5.42. The summed E-state index contributed by atoms with van der Waals surface area (Å²) in [6.07, 6.45) is 2.53. The highest BCUT2D eigenvalue weighted by molar-refractivity contribution is 5.94. The molecule has 114 valence electrons. The number of amides is 2. The van der Waals surface area contributed by atoms with Crippen LogP contribution in [-0.2, 0) is 16.0 Å². The van der Waals surface area contributed by atoms with Crippen LogP contribution in [-0.4, -0.2) is 29.6 Å². The lowest BCUT2D eigenvalue weighted by Crippen LogP contribution is -2.39. The third-order valence-electron chi connectivity index (χ3n) is 3.86. The lowest BCUT2D eigenvalue weighted by atomic mass is 10.1. The standard InChI is InChI=1S/C16H22N2O3/c1-2-11-5-3-6-12(9-11)18-15(20)10-17-16(21)13-7-4-8-14(13)19/h3,5-6,9,13-14,19H,2,4,7-8,10H2,1H3,(H,17,21)(H,18,20). The zero-order chi connectivity index (χ0) is 15.2. The molecule has 0 bridgehead atoms. The van der Waals surface area contributed by atoms with Gasteiger partial charge in [0.25, 0.3) is 0 Å². The molecule has 1 aliphatic rings. The molecule has 2 unspecified atom stereocenters. The zero-order valence-electron chi connectivity index (χ0n) is 12.3. The number of benzene rings is 1. The first-order chi connectivity index (χ1) is 10.1. The largest absolute Gasteiger partial charge is 0.392 e. The van der Waals surface area contributed by atoms with Crippen LogP contribution in [0.15, 0.2) is 24.3 Å². The maximum Gasteiger partial charge on any atom is 0.243 e. The number of rotatable bonds is 5. The van der Waals surface area contributed by atoms with Crippen molar-refractivity contribution in [3.8, 4) is 0 Å². The first kappa shape index (κ1) is 15.5. The first-order valence-electron chi connectivity index (χ1n) is 7.44. The van der Waals surface area contributed by atoms with Crippen molar-refractivity contribution in [2.45, 2.75) is 38.7 Å². The fourth-order valence-corrected chi connectivity index (χ4v) is 2.62. The van der Waals surface area contributed by atoms with Gasteiger partial charge < -0.3 is 15.7 Å². The van der Waals surface area contributed by atoms with E-state index >= 15 is 0 Å². The van der Waals surface area contributed by atoms with Crippen LogP contribution < -0.4 is 10.6 Å². The van der Waals surface area contributed by atoms with E-state index in [1.165, 1.54) is 0 Å². The van der Waals surface area contributed by atoms with Gasteiger partial charge in [-0.25, -0.2) is 0 Å². The SMILES string of the molecule is CCc1cccc(NC(=O)CNC(=O)C2CCCC2O)c1. The minimum absolute atomic E-state index is 0.0710. The number of hydrogen-bond acceptors (Lipinski definition) is 3. The summed E-state index contributed by atoms with van der Waals surface area (Å²) < 4.78 is 0. The third kappa shape index (κ3) is 4.29. The minimum Gasteiger partial charge on any atom is -0.392 e. The first-order valence-corrected chi connectivity index (χ1v) is 7.44. The molecule has 1 fully saturated rings. The fourth-order valence-electron chi connectivity index (χ4n) is 2.62. The van der Waals surface area contributed by atoms with Crippen LogP contribution in [0.3, 0.4) is 0 Å². The molecule has 2 rings (SSSR count). The molecule has 0 aliphatic heterocycles. The molecule has 0 saturated heterocycles. The predicted octanol–water partition coefficient (Wildman–Crippen LogP) is 1.46. The van der Waals surface area contributed by atoms with Gasteiger partial charge in [-0.2, -0.15) is 0 Å². The molecular weight excluding hydrogens is 268 g/mol. The number of anilines is 1. The van der Waals surface area contributed by atoms with Gasteiger partial charge in [0.15, 0.2) is 0 Å². The molecule has 1 saturated carbocycles. The van der Waals surface area contributed by atoms with Crippen molar-refractivity contribution in [2.24, 2.45) is 5.92 Å². The summed E-state index contributed by atoms with van der Waals surface area (Å²) in [5.41, 5.74) is 1.88. The van der Waals surface area contributed by atoms with Crippen molar-refractivity contribution in [1.82, 2.24) is 5.32 Å². The van der Waals surface area contributed by atoms with E-state index < -0.39 is 6.10 Å². The number of carbonyl (C=O) groups excluding carboxylic acids is 2. The van der Waals surface area contributed by atoms with Crippen molar-refractivity contribution < 1.29 is 14.7 Å². The van der Waals surface area contributed by atoms with Crippen LogP contribution in [0.5, 0.6) is 0 Å². The highest BCUT2D eigenvalue weighted by Crippen LogP contribution is 2.25. The summed E-state index contributed by atoms with van der Waals surface area (Å²) in [5.74, 6) is -0.872. The smallest absolute Gasteiger partial charge is 0.243 e. The lowest BCUT2D eigenvalue weighted by molar-refractivity contribution is -0.129. The molecule has 1 aromatic carbocycles. The molecule has 21 heavy (non-hydrogen) atoms. The van der Waals surface area contributed by atoms with Gasteiger partial charge in [-0.15, -0.1) is 0 Å². The molecule has 1 aromatic rings. The molecule has 0 radical (unpaired) electrons. The van der Waals surface area contributed by atoms with E-state index in [4.69, 9.17) is 0 Å². The van der Waals surface area contributed by atoms with E-state index in [2.05, 4.69) is 10.6 Å². The van der Waals surface area contributed by atoms with Crippen molar-refractivity contribution in [1.29, 1.82) is 0 Å². The fraction of sp³-hybridized carbons (Fsp3) is 0.500. The second kappa shape index (κ2) is 7.22. The van der Waals surface area contributed by atoms with Gasteiger partial charge in [0.05, 0.1) is 18.6 Å². The van der Waals surface area contributed by atoms with E-state index in [-0.39, 0.29) is 24.3 Å². The Morgan fingerprint density at radius 2 is 2.14 bits per heavy atom. The Kier molecular flexibility index (Phi) is 5.33.